The summed E-state index contributed by atoms with van der Waals surface area (Å²) in [7, 11) is -2.86. The molecule has 0 aliphatic rings. The fourth-order valence-corrected chi connectivity index (χ4v) is 2.03. The smallest absolute Gasteiger partial charge is 0.152 e. The first-order valence-electron chi connectivity index (χ1n) is 4.17. The molecule has 0 saturated heterocycles. The fraction of sp³-hybridized carbons (Fsp3) is 1.00. The highest BCUT2D eigenvalue weighted by molar-refractivity contribution is 7.91. The van der Waals surface area contributed by atoms with Gasteiger partial charge in [0.25, 0.3) is 0 Å². The number of alkyl halides is 1. The van der Waals surface area contributed by atoms with Gasteiger partial charge in [-0.05, 0) is 26.2 Å². The van der Waals surface area contributed by atoms with Crippen LogP contribution in [0.3, 0.4) is 0 Å². The molecule has 0 rings (SSSR count). The Morgan fingerprint density at radius 2 is 1.75 bits per heavy atom. The molecule has 0 saturated carbocycles. The lowest BCUT2D eigenvalue weighted by atomic mass is 10.2. The number of hydrogen-bond donors (Lipinski definition) is 0. The van der Waals surface area contributed by atoms with E-state index in [0.717, 1.165) is 0 Å². The SMILES string of the molecule is CC(CCl)CCS(=O)(=O)C(C)C. The number of hydrogen-bond acceptors (Lipinski definition) is 2. The molecule has 0 aliphatic carbocycles. The number of rotatable bonds is 5. The van der Waals surface area contributed by atoms with Crippen molar-refractivity contribution in [2.24, 2.45) is 5.92 Å². The van der Waals surface area contributed by atoms with E-state index in [9.17, 15) is 8.42 Å². The highest BCUT2D eigenvalue weighted by Crippen LogP contribution is 2.09. The van der Waals surface area contributed by atoms with Gasteiger partial charge in [0.05, 0.1) is 11.0 Å². The van der Waals surface area contributed by atoms with E-state index in [1.54, 1.807) is 13.8 Å². The minimum atomic E-state index is -2.86. The molecule has 74 valence electrons. The second kappa shape index (κ2) is 5.07. The van der Waals surface area contributed by atoms with Crippen LogP contribution in [-0.2, 0) is 9.84 Å². The van der Waals surface area contributed by atoms with Crippen molar-refractivity contribution in [1.82, 2.24) is 0 Å². The molecule has 1 unspecified atom stereocenters. The lowest BCUT2D eigenvalue weighted by molar-refractivity contribution is 0.568. The van der Waals surface area contributed by atoms with Gasteiger partial charge in [-0.15, -0.1) is 11.6 Å². The zero-order chi connectivity index (χ0) is 9.78. The molecule has 4 heteroatoms. The average molecular weight is 213 g/mol. The Labute approximate surface area is 80.2 Å². The van der Waals surface area contributed by atoms with Crippen molar-refractivity contribution >= 4 is 21.4 Å². The van der Waals surface area contributed by atoms with Crippen LogP contribution in [0, 0.1) is 5.92 Å². The quantitative estimate of drug-likeness (QED) is 0.654. The van der Waals surface area contributed by atoms with Crippen LogP contribution in [0.15, 0.2) is 0 Å². The standard InChI is InChI=1S/C8H17ClO2S/c1-7(2)12(10,11)5-4-8(3)6-9/h7-8H,4-6H2,1-3H3. The van der Waals surface area contributed by atoms with Gasteiger partial charge >= 0.3 is 0 Å². The molecular weight excluding hydrogens is 196 g/mol. The summed E-state index contributed by atoms with van der Waals surface area (Å²) in [4.78, 5) is 0. The van der Waals surface area contributed by atoms with E-state index in [1.807, 2.05) is 6.92 Å². The zero-order valence-electron chi connectivity index (χ0n) is 7.88. The summed E-state index contributed by atoms with van der Waals surface area (Å²) >= 11 is 5.57. The van der Waals surface area contributed by atoms with Crippen LogP contribution in [-0.4, -0.2) is 25.3 Å². The molecule has 0 heterocycles. The van der Waals surface area contributed by atoms with Gasteiger partial charge in [0.15, 0.2) is 9.84 Å². The molecular formula is C8H17ClO2S. The van der Waals surface area contributed by atoms with Crippen LogP contribution in [0.1, 0.15) is 27.2 Å². The molecule has 0 amide bonds. The first-order valence-corrected chi connectivity index (χ1v) is 6.42. The lowest BCUT2D eigenvalue weighted by Crippen LogP contribution is -2.19. The van der Waals surface area contributed by atoms with E-state index in [1.165, 1.54) is 0 Å². The van der Waals surface area contributed by atoms with Crippen molar-refractivity contribution in [3.63, 3.8) is 0 Å². The Balaban J connectivity index is 3.94. The molecule has 0 aromatic carbocycles. The summed E-state index contributed by atoms with van der Waals surface area (Å²) < 4.78 is 22.6. The van der Waals surface area contributed by atoms with Crippen molar-refractivity contribution in [3.8, 4) is 0 Å². The summed E-state index contributed by atoms with van der Waals surface area (Å²) in [5.41, 5.74) is 0. The Hall–Kier alpha value is 0.240. The lowest BCUT2D eigenvalue weighted by Gasteiger charge is -2.09. The summed E-state index contributed by atoms with van der Waals surface area (Å²) in [5, 5.41) is -0.264. The van der Waals surface area contributed by atoms with Crippen LogP contribution < -0.4 is 0 Å². The van der Waals surface area contributed by atoms with E-state index >= 15 is 0 Å². The number of halogens is 1. The first kappa shape index (κ1) is 12.2. The summed E-state index contributed by atoms with van der Waals surface area (Å²) in [6.45, 7) is 5.38. The van der Waals surface area contributed by atoms with Gasteiger partial charge < -0.3 is 0 Å². The second-order valence-corrected chi connectivity index (χ2v) is 6.45. The van der Waals surface area contributed by atoms with Crippen LogP contribution in [0.25, 0.3) is 0 Å². The zero-order valence-corrected chi connectivity index (χ0v) is 9.45. The van der Waals surface area contributed by atoms with Gasteiger partial charge in [-0.1, -0.05) is 6.92 Å². The maximum Gasteiger partial charge on any atom is 0.152 e. The topological polar surface area (TPSA) is 34.1 Å². The molecule has 0 spiro atoms. The maximum atomic E-state index is 11.3. The van der Waals surface area contributed by atoms with Crippen LogP contribution in [0.2, 0.25) is 0 Å². The predicted molar refractivity (Wildman–Crippen MR) is 53.4 cm³/mol. The van der Waals surface area contributed by atoms with Gasteiger partial charge in [0, 0.05) is 5.88 Å². The summed E-state index contributed by atoms with van der Waals surface area (Å²) in [5.74, 6) is 1.09. The Bertz CT molecular complexity index is 209. The van der Waals surface area contributed by atoms with E-state index in [2.05, 4.69) is 0 Å². The maximum absolute atomic E-state index is 11.3. The van der Waals surface area contributed by atoms with Crippen LogP contribution in [0.4, 0.5) is 0 Å². The predicted octanol–water partition coefficient (Wildman–Crippen LogP) is 2.07. The van der Waals surface area contributed by atoms with E-state index in [4.69, 9.17) is 11.6 Å². The highest BCUT2D eigenvalue weighted by atomic mass is 35.5. The van der Waals surface area contributed by atoms with Gasteiger partial charge in [-0.2, -0.15) is 0 Å². The minimum Gasteiger partial charge on any atom is -0.229 e. The summed E-state index contributed by atoms with van der Waals surface area (Å²) in [6.07, 6.45) is 0.671. The Morgan fingerprint density at radius 3 is 2.08 bits per heavy atom. The van der Waals surface area contributed by atoms with E-state index in [0.29, 0.717) is 18.2 Å². The molecule has 0 radical (unpaired) electrons. The average Bonchev–Trinajstić information content (AvgIpc) is 2.00. The molecule has 0 aromatic rings. The van der Waals surface area contributed by atoms with E-state index < -0.39 is 9.84 Å². The van der Waals surface area contributed by atoms with Crippen LogP contribution >= 0.6 is 11.6 Å². The van der Waals surface area contributed by atoms with Crippen molar-refractivity contribution in [1.29, 1.82) is 0 Å². The van der Waals surface area contributed by atoms with Gasteiger partial charge in [0.2, 0.25) is 0 Å². The summed E-state index contributed by atoms with van der Waals surface area (Å²) in [6, 6.07) is 0. The van der Waals surface area contributed by atoms with Crippen molar-refractivity contribution in [2.45, 2.75) is 32.4 Å². The highest BCUT2D eigenvalue weighted by Gasteiger charge is 2.16. The van der Waals surface area contributed by atoms with Crippen molar-refractivity contribution < 1.29 is 8.42 Å². The van der Waals surface area contributed by atoms with Crippen LogP contribution in [0.5, 0.6) is 0 Å². The fourth-order valence-electron chi connectivity index (χ4n) is 0.678. The van der Waals surface area contributed by atoms with Crippen molar-refractivity contribution in [3.05, 3.63) is 0 Å². The monoisotopic (exact) mass is 212 g/mol. The normalized spacial score (nSPS) is 15.1. The largest absolute Gasteiger partial charge is 0.229 e. The third kappa shape index (κ3) is 4.31. The molecule has 0 fully saturated rings. The first-order chi connectivity index (χ1) is 5.40. The van der Waals surface area contributed by atoms with Gasteiger partial charge in [-0.3, -0.25) is 0 Å². The third-order valence-corrected chi connectivity index (χ3v) is 4.64. The number of sulfone groups is 1. The molecule has 1 atom stereocenters. The molecule has 0 aromatic heterocycles. The van der Waals surface area contributed by atoms with Gasteiger partial charge in [-0.25, -0.2) is 8.42 Å². The third-order valence-electron chi connectivity index (χ3n) is 1.88. The Morgan fingerprint density at radius 1 is 1.25 bits per heavy atom. The molecule has 0 bridgehead atoms. The molecule has 2 nitrogen and oxygen atoms in total. The Kier molecular flexibility index (Phi) is 5.18. The molecule has 0 N–H and O–H groups in total. The van der Waals surface area contributed by atoms with Crippen molar-refractivity contribution in [2.75, 3.05) is 11.6 Å². The molecule has 0 aliphatic heterocycles. The van der Waals surface area contributed by atoms with Gasteiger partial charge in [0.1, 0.15) is 0 Å². The minimum absolute atomic E-state index is 0.262. The molecule has 12 heavy (non-hydrogen) atoms. The van der Waals surface area contributed by atoms with E-state index in [-0.39, 0.29) is 11.0 Å². The second-order valence-electron chi connectivity index (χ2n) is 3.46.